The summed E-state index contributed by atoms with van der Waals surface area (Å²) in [7, 11) is 0. The predicted molar refractivity (Wildman–Crippen MR) is 67.7 cm³/mol. The van der Waals surface area contributed by atoms with Gasteiger partial charge in [0.15, 0.2) is 0 Å². The van der Waals surface area contributed by atoms with Crippen LogP contribution in [0, 0.1) is 11.5 Å². The standard InChI is InChI=1S/C15H25.3ClH.Ti/c1-6-12-11-15(9-4,10-5)14(8-3)13(12)7-2;;;;/h6-10H2,1-5H3;3*1H;/q-1;;;;+4/p-3. The van der Waals surface area contributed by atoms with Crippen molar-refractivity contribution in [2.75, 3.05) is 0 Å². The van der Waals surface area contributed by atoms with Crippen LogP contribution in [0.2, 0.25) is 0 Å². The molecule has 0 amide bonds. The Morgan fingerprint density at radius 1 is 0.789 bits per heavy atom. The Morgan fingerprint density at radius 2 is 1.26 bits per heavy atom. The summed E-state index contributed by atoms with van der Waals surface area (Å²) in [5, 5.41) is 0. The molecular weight excluding hydrogens is 334 g/mol. The molecular formula is C15H25Cl3Ti. The van der Waals surface area contributed by atoms with Gasteiger partial charge in [-0.25, -0.2) is 5.57 Å². The Hall–Kier alpha value is 1.06. The molecule has 1 rings (SSSR count). The molecule has 0 bridgehead atoms. The average molecular weight is 360 g/mol. The molecule has 0 unspecified atom stereocenters. The van der Waals surface area contributed by atoms with Gasteiger partial charge < -0.3 is 37.2 Å². The zero-order valence-electron chi connectivity index (χ0n) is 12.7. The van der Waals surface area contributed by atoms with E-state index in [1.54, 1.807) is 11.1 Å². The number of allylic oxidation sites excluding steroid dienone is 4. The van der Waals surface area contributed by atoms with Crippen molar-refractivity contribution in [3.05, 3.63) is 22.8 Å². The molecule has 0 spiro atoms. The van der Waals surface area contributed by atoms with E-state index < -0.39 is 0 Å². The maximum Gasteiger partial charge on any atom is 4.00 e. The Labute approximate surface area is 153 Å². The molecule has 0 N–H and O–H groups in total. The van der Waals surface area contributed by atoms with Crippen molar-refractivity contribution in [3.63, 3.8) is 0 Å². The molecule has 1 aliphatic carbocycles. The largest absolute Gasteiger partial charge is 4.00 e. The van der Waals surface area contributed by atoms with Crippen LogP contribution in [0.4, 0.5) is 0 Å². The molecule has 110 valence electrons. The SMILES string of the molecule is CCC1=[C-]C(CC)(CC)C(CC)=C1CC.[Cl-].[Cl-].[Cl-].[Ti+4]. The Bertz CT molecular complexity index is 292. The third-order valence-corrected chi connectivity index (χ3v) is 3.96. The first kappa shape index (κ1) is 28.3. The number of halogens is 3. The number of hydrogen-bond donors (Lipinski definition) is 0. The van der Waals surface area contributed by atoms with Crippen molar-refractivity contribution in [1.29, 1.82) is 0 Å². The van der Waals surface area contributed by atoms with E-state index in [4.69, 9.17) is 0 Å². The molecule has 0 aromatic carbocycles. The molecule has 0 heterocycles. The van der Waals surface area contributed by atoms with Gasteiger partial charge in [-0.3, -0.25) is 6.08 Å². The monoisotopic (exact) mass is 358 g/mol. The smallest absolute Gasteiger partial charge is 1.00 e. The maximum absolute atomic E-state index is 3.80. The second-order valence-electron chi connectivity index (χ2n) is 4.41. The zero-order chi connectivity index (χ0) is 11.5. The number of rotatable bonds is 5. The molecule has 0 aromatic heterocycles. The first-order valence-electron chi connectivity index (χ1n) is 6.55. The number of hydrogen-bond acceptors (Lipinski definition) is 0. The van der Waals surface area contributed by atoms with E-state index in [-0.39, 0.29) is 64.4 Å². The van der Waals surface area contributed by atoms with Gasteiger partial charge >= 0.3 is 21.7 Å². The van der Waals surface area contributed by atoms with Crippen LogP contribution in [-0.2, 0) is 21.7 Å². The minimum atomic E-state index is 0. The van der Waals surface area contributed by atoms with Gasteiger partial charge in [-0.05, 0) is 0 Å². The van der Waals surface area contributed by atoms with Crippen molar-refractivity contribution < 1.29 is 58.9 Å². The minimum absolute atomic E-state index is 0. The maximum atomic E-state index is 3.80. The van der Waals surface area contributed by atoms with Crippen LogP contribution in [0.25, 0.3) is 0 Å². The molecule has 4 heteroatoms. The molecule has 19 heavy (non-hydrogen) atoms. The van der Waals surface area contributed by atoms with Gasteiger partial charge in [0.2, 0.25) is 0 Å². The Balaban J connectivity index is -0.000000281. The molecule has 0 atom stereocenters. The van der Waals surface area contributed by atoms with E-state index >= 15 is 0 Å². The molecule has 0 radical (unpaired) electrons. The summed E-state index contributed by atoms with van der Waals surface area (Å²) < 4.78 is 0. The van der Waals surface area contributed by atoms with E-state index in [1.165, 1.54) is 31.3 Å². The Morgan fingerprint density at radius 3 is 1.53 bits per heavy atom. The molecule has 0 fully saturated rings. The van der Waals surface area contributed by atoms with Gasteiger partial charge in [0, 0.05) is 0 Å². The summed E-state index contributed by atoms with van der Waals surface area (Å²) >= 11 is 0. The van der Waals surface area contributed by atoms with Gasteiger partial charge in [-0.15, -0.1) is 0 Å². The van der Waals surface area contributed by atoms with Crippen LogP contribution in [0.3, 0.4) is 0 Å². The first-order valence-corrected chi connectivity index (χ1v) is 6.55. The summed E-state index contributed by atoms with van der Waals surface area (Å²) in [6, 6.07) is 0. The zero-order valence-corrected chi connectivity index (χ0v) is 16.5. The minimum Gasteiger partial charge on any atom is -1.00 e. The second kappa shape index (κ2) is 12.8. The molecule has 0 saturated carbocycles. The Kier molecular flexibility index (Phi) is 19.0. The van der Waals surface area contributed by atoms with E-state index in [0.29, 0.717) is 0 Å². The van der Waals surface area contributed by atoms with E-state index in [2.05, 4.69) is 40.7 Å². The third kappa shape index (κ3) is 5.40. The van der Waals surface area contributed by atoms with Crippen molar-refractivity contribution in [2.24, 2.45) is 5.41 Å². The van der Waals surface area contributed by atoms with Crippen LogP contribution in [0.1, 0.15) is 66.7 Å². The van der Waals surface area contributed by atoms with Crippen LogP contribution in [0.15, 0.2) is 16.7 Å². The van der Waals surface area contributed by atoms with E-state index in [1.807, 2.05) is 0 Å². The van der Waals surface area contributed by atoms with Crippen molar-refractivity contribution in [1.82, 2.24) is 0 Å². The molecule has 0 aromatic rings. The molecule has 1 aliphatic rings. The summed E-state index contributed by atoms with van der Waals surface area (Å²) in [4.78, 5) is 0. The fraction of sp³-hybridized carbons (Fsp3) is 0.733. The van der Waals surface area contributed by atoms with Crippen LogP contribution in [0.5, 0.6) is 0 Å². The van der Waals surface area contributed by atoms with Crippen molar-refractivity contribution in [2.45, 2.75) is 66.7 Å². The fourth-order valence-electron chi connectivity index (χ4n) is 3.04. The average Bonchev–Trinajstić information content (AvgIpc) is 2.62. The van der Waals surface area contributed by atoms with Gasteiger partial charge in [-0.2, -0.15) is 11.1 Å². The third-order valence-electron chi connectivity index (χ3n) is 3.96. The van der Waals surface area contributed by atoms with Crippen LogP contribution in [-0.4, -0.2) is 0 Å². The van der Waals surface area contributed by atoms with Gasteiger partial charge in [0.1, 0.15) is 0 Å². The fourth-order valence-corrected chi connectivity index (χ4v) is 3.04. The quantitative estimate of drug-likeness (QED) is 0.348. The van der Waals surface area contributed by atoms with Crippen molar-refractivity contribution in [3.8, 4) is 0 Å². The topological polar surface area (TPSA) is 0 Å². The summed E-state index contributed by atoms with van der Waals surface area (Å²) in [6.45, 7) is 11.4. The van der Waals surface area contributed by atoms with Crippen LogP contribution < -0.4 is 37.2 Å². The van der Waals surface area contributed by atoms with Gasteiger partial charge in [0.05, 0.1) is 0 Å². The van der Waals surface area contributed by atoms with Gasteiger partial charge in [-0.1, -0.05) is 72.1 Å². The summed E-state index contributed by atoms with van der Waals surface area (Å²) in [5.41, 5.74) is 5.07. The predicted octanol–water partition coefficient (Wildman–Crippen LogP) is -3.93. The molecule has 0 nitrogen and oxygen atoms in total. The summed E-state index contributed by atoms with van der Waals surface area (Å²) in [5.74, 6) is 0. The second-order valence-corrected chi connectivity index (χ2v) is 4.41. The van der Waals surface area contributed by atoms with Gasteiger partial charge in [0.25, 0.3) is 0 Å². The summed E-state index contributed by atoms with van der Waals surface area (Å²) in [6.07, 6.45) is 9.74. The van der Waals surface area contributed by atoms with E-state index in [9.17, 15) is 0 Å². The first-order chi connectivity index (χ1) is 7.18. The van der Waals surface area contributed by atoms with Crippen LogP contribution >= 0.6 is 0 Å². The molecule has 0 saturated heterocycles. The van der Waals surface area contributed by atoms with E-state index in [0.717, 1.165) is 6.42 Å². The van der Waals surface area contributed by atoms with Crippen molar-refractivity contribution >= 4 is 0 Å². The normalized spacial score (nSPS) is 15.5. The molecule has 0 aliphatic heterocycles.